The predicted octanol–water partition coefficient (Wildman–Crippen LogP) is 8.80. The molecule has 0 aromatic heterocycles. The SMILES string of the molecule is CCOC(C)Oc1ccc(C(CC)CC(CC(C)c2ccc(O)cc2)c2ccc(OC(C)C)cc2)cc1. The van der Waals surface area contributed by atoms with E-state index in [0.29, 0.717) is 30.1 Å². The number of hydrogen-bond acceptors (Lipinski definition) is 4. The second-order valence-corrected chi connectivity index (χ2v) is 10.2. The first-order valence-corrected chi connectivity index (χ1v) is 13.7. The summed E-state index contributed by atoms with van der Waals surface area (Å²) in [5.41, 5.74) is 3.92. The van der Waals surface area contributed by atoms with Gasteiger partial charge in [-0.05, 0) is 118 Å². The number of aromatic hydroxyl groups is 1. The molecule has 0 aliphatic rings. The van der Waals surface area contributed by atoms with Crippen molar-refractivity contribution in [1.29, 1.82) is 0 Å². The fourth-order valence-electron chi connectivity index (χ4n) is 4.99. The van der Waals surface area contributed by atoms with E-state index in [1.54, 1.807) is 12.1 Å². The highest BCUT2D eigenvalue weighted by Gasteiger charge is 2.22. The molecule has 4 unspecified atom stereocenters. The maximum Gasteiger partial charge on any atom is 0.196 e. The Morgan fingerprint density at radius 3 is 1.65 bits per heavy atom. The third-order valence-electron chi connectivity index (χ3n) is 6.94. The van der Waals surface area contributed by atoms with Gasteiger partial charge in [0.2, 0.25) is 0 Å². The Bertz CT molecular complexity index is 1040. The van der Waals surface area contributed by atoms with E-state index in [2.05, 4.69) is 76.2 Å². The van der Waals surface area contributed by atoms with Gasteiger partial charge in [-0.3, -0.25) is 0 Å². The Hall–Kier alpha value is -2.98. The van der Waals surface area contributed by atoms with Crippen LogP contribution in [0.4, 0.5) is 0 Å². The molecule has 0 saturated carbocycles. The predicted molar refractivity (Wildman–Crippen MR) is 152 cm³/mol. The summed E-state index contributed by atoms with van der Waals surface area (Å²) < 4.78 is 17.3. The van der Waals surface area contributed by atoms with Crippen LogP contribution in [0.25, 0.3) is 0 Å². The molecule has 0 spiro atoms. The van der Waals surface area contributed by atoms with Gasteiger partial charge in [-0.25, -0.2) is 0 Å². The first-order valence-electron chi connectivity index (χ1n) is 13.7. The molecule has 4 heteroatoms. The minimum Gasteiger partial charge on any atom is -0.508 e. The molecular weight excluding hydrogens is 460 g/mol. The van der Waals surface area contributed by atoms with E-state index in [-0.39, 0.29) is 12.4 Å². The van der Waals surface area contributed by atoms with Gasteiger partial charge in [0.05, 0.1) is 6.10 Å². The zero-order chi connectivity index (χ0) is 26.8. The van der Waals surface area contributed by atoms with E-state index in [9.17, 15) is 5.11 Å². The second-order valence-electron chi connectivity index (χ2n) is 10.2. The van der Waals surface area contributed by atoms with Crippen molar-refractivity contribution in [2.45, 2.75) is 91.0 Å². The molecule has 200 valence electrons. The third-order valence-corrected chi connectivity index (χ3v) is 6.94. The Morgan fingerprint density at radius 1 is 0.622 bits per heavy atom. The van der Waals surface area contributed by atoms with E-state index in [1.807, 2.05) is 26.0 Å². The van der Waals surface area contributed by atoms with Gasteiger partial charge in [-0.15, -0.1) is 0 Å². The topological polar surface area (TPSA) is 47.9 Å². The molecule has 4 atom stereocenters. The first kappa shape index (κ1) is 28.6. The highest BCUT2D eigenvalue weighted by atomic mass is 16.7. The van der Waals surface area contributed by atoms with E-state index in [1.165, 1.54) is 16.7 Å². The third kappa shape index (κ3) is 8.82. The Balaban J connectivity index is 1.80. The lowest BCUT2D eigenvalue weighted by Crippen LogP contribution is -2.16. The summed E-state index contributed by atoms with van der Waals surface area (Å²) in [6.07, 6.45) is 3.04. The van der Waals surface area contributed by atoms with Crippen molar-refractivity contribution >= 4 is 0 Å². The molecule has 0 fully saturated rings. The first-order chi connectivity index (χ1) is 17.8. The molecule has 0 bridgehead atoms. The Labute approximate surface area is 223 Å². The van der Waals surface area contributed by atoms with Crippen molar-refractivity contribution in [2.75, 3.05) is 6.61 Å². The Morgan fingerprint density at radius 2 is 1.14 bits per heavy atom. The fourth-order valence-corrected chi connectivity index (χ4v) is 4.99. The van der Waals surface area contributed by atoms with Gasteiger partial charge in [-0.1, -0.05) is 50.2 Å². The van der Waals surface area contributed by atoms with Gasteiger partial charge < -0.3 is 19.3 Å². The summed E-state index contributed by atoms with van der Waals surface area (Å²) in [6, 6.07) is 24.8. The van der Waals surface area contributed by atoms with Gasteiger partial charge in [0.15, 0.2) is 6.29 Å². The minimum atomic E-state index is -0.258. The number of hydrogen-bond donors (Lipinski definition) is 1. The summed E-state index contributed by atoms with van der Waals surface area (Å²) in [4.78, 5) is 0. The molecule has 3 rings (SSSR count). The van der Waals surface area contributed by atoms with Gasteiger partial charge >= 0.3 is 0 Å². The summed E-state index contributed by atoms with van der Waals surface area (Å²) in [7, 11) is 0. The maximum absolute atomic E-state index is 9.73. The number of phenols is 1. The smallest absolute Gasteiger partial charge is 0.196 e. The molecule has 1 N–H and O–H groups in total. The van der Waals surface area contributed by atoms with Crippen LogP contribution < -0.4 is 9.47 Å². The average Bonchev–Trinajstić information content (AvgIpc) is 2.87. The normalized spacial score (nSPS) is 14.7. The van der Waals surface area contributed by atoms with E-state index < -0.39 is 0 Å². The van der Waals surface area contributed by atoms with Crippen molar-refractivity contribution in [3.05, 3.63) is 89.5 Å². The van der Waals surface area contributed by atoms with Crippen molar-refractivity contribution in [2.24, 2.45) is 0 Å². The molecule has 0 heterocycles. The van der Waals surface area contributed by atoms with Crippen LogP contribution in [0.2, 0.25) is 0 Å². The second kappa shape index (κ2) is 14.1. The number of ether oxygens (including phenoxy) is 3. The summed E-state index contributed by atoms with van der Waals surface area (Å²) in [5.74, 6) is 3.23. The summed E-state index contributed by atoms with van der Waals surface area (Å²) >= 11 is 0. The lowest BCUT2D eigenvalue weighted by molar-refractivity contribution is -0.0613. The molecule has 0 aliphatic heterocycles. The van der Waals surface area contributed by atoms with Crippen molar-refractivity contribution < 1.29 is 19.3 Å². The zero-order valence-electron chi connectivity index (χ0n) is 23.3. The summed E-state index contributed by atoms with van der Waals surface area (Å²) in [6.45, 7) is 13.2. The van der Waals surface area contributed by atoms with Crippen LogP contribution in [0.3, 0.4) is 0 Å². The molecule has 4 nitrogen and oxygen atoms in total. The monoisotopic (exact) mass is 504 g/mol. The van der Waals surface area contributed by atoms with E-state index >= 15 is 0 Å². The lowest BCUT2D eigenvalue weighted by atomic mass is 9.78. The molecule has 0 radical (unpaired) electrons. The minimum absolute atomic E-state index is 0.157. The van der Waals surface area contributed by atoms with Crippen LogP contribution in [0.5, 0.6) is 17.2 Å². The maximum atomic E-state index is 9.73. The van der Waals surface area contributed by atoms with E-state index in [0.717, 1.165) is 30.8 Å². The van der Waals surface area contributed by atoms with Crippen molar-refractivity contribution in [1.82, 2.24) is 0 Å². The number of phenolic OH excluding ortho intramolecular Hbond substituents is 1. The van der Waals surface area contributed by atoms with Crippen molar-refractivity contribution in [3.8, 4) is 17.2 Å². The van der Waals surface area contributed by atoms with Gasteiger partial charge in [0.25, 0.3) is 0 Å². The van der Waals surface area contributed by atoms with E-state index in [4.69, 9.17) is 14.2 Å². The van der Waals surface area contributed by atoms with Crippen LogP contribution in [-0.4, -0.2) is 24.1 Å². The molecule has 0 saturated heterocycles. The van der Waals surface area contributed by atoms with Gasteiger partial charge in [-0.2, -0.15) is 0 Å². The molecule has 0 aliphatic carbocycles. The van der Waals surface area contributed by atoms with Crippen LogP contribution >= 0.6 is 0 Å². The van der Waals surface area contributed by atoms with Gasteiger partial charge in [0, 0.05) is 6.61 Å². The number of benzene rings is 3. The molecular formula is C33H44O4. The highest BCUT2D eigenvalue weighted by molar-refractivity contribution is 5.33. The summed E-state index contributed by atoms with van der Waals surface area (Å²) in [5, 5.41) is 9.73. The highest BCUT2D eigenvalue weighted by Crippen LogP contribution is 2.39. The van der Waals surface area contributed by atoms with Crippen molar-refractivity contribution in [3.63, 3.8) is 0 Å². The largest absolute Gasteiger partial charge is 0.508 e. The molecule has 3 aromatic carbocycles. The number of rotatable bonds is 14. The lowest BCUT2D eigenvalue weighted by Gasteiger charge is -2.27. The van der Waals surface area contributed by atoms with Crippen LogP contribution in [0, 0.1) is 0 Å². The average molecular weight is 505 g/mol. The Kier molecular flexibility index (Phi) is 10.9. The molecule has 3 aromatic rings. The fraction of sp³-hybridized carbons (Fsp3) is 0.455. The van der Waals surface area contributed by atoms with Gasteiger partial charge in [0.1, 0.15) is 17.2 Å². The van der Waals surface area contributed by atoms with Crippen LogP contribution in [0.15, 0.2) is 72.8 Å². The standard InChI is InChI=1S/C33H44O4/c1-7-26(28-11-19-33(20-12-28)37-25(6)35-8-2)22-30(21-24(5)27-9-15-31(34)16-10-27)29-13-17-32(18-14-29)36-23(3)4/h9-20,23-26,30,34H,7-8,21-22H2,1-6H3. The molecule has 0 amide bonds. The van der Waals surface area contributed by atoms with Crippen LogP contribution in [0.1, 0.15) is 95.2 Å². The zero-order valence-corrected chi connectivity index (χ0v) is 23.3. The quantitative estimate of drug-likeness (QED) is 0.223. The van der Waals surface area contributed by atoms with Crippen LogP contribution in [-0.2, 0) is 4.74 Å². The molecule has 37 heavy (non-hydrogen) atoms.